The molecule has 1 amide bonds. The molecule has 6 nitrogen and oxygen atoms in total. The number of benzene rings is 3. The van der Waals surface area contributed by atoms with Gasteiger partial charge in [0.25, 0.3) is 5.91 Å². The summed E-state index contributed by atoms with van der Waals surface area (Å²) in [7, 11) is 0. The Kier molecular flexibility index (Phi) is 8.52. The van der Waals surface area contributed by atoms with Gasteiger partial charge in [0.1, 0.15) is 6.61 Å². The van der Waals surface area contributed by atoms with Crippen LogP contribution in [0.15, 0.2) is 71.9 Å². The Balaban J connectivity index is 1.54. The van der Waals surface area contributed by atoms with Crippen LogP contribution < -0.4 is 14.8 Å². The smallest absolute Gasteiger partial charge is 0.265 e. The van der Waals surface area contributed by atoms with Crippen molar-refractivity contribution in [3.8, 4) is 11.5 Å². The standard InChI is InChI=1S/C25H25ClN2O4/c1-3-30-24-14-19(9-12-23(24)31-16-20-5-4-6-21(26)13-20)15-27-32-17-25(29)28-22-10-7-18(2)8-11-22/h4-15H,3,16-17H2,1-2H3,(H,28,29)/b27-15+. The summed E-state index contributed by atoms with van der Waals surface area (Å²) in [5, 5.41) is 7.29. The van der Waals surface area contributed by atoms with Gasteiger partial charge in [0.05, 0.1) is 12.8 Å². The second kappa shape index (κ2) is 11.8. The Morgan fingerprint density at radius 1 is 1.03 bits per heavy atom. The molecule has 0 aromatic heterocycles. The Morgan fingerprint density at radius 3 is 2.59 bits per heavy atom. The molecule has 166 valence electrons. The van der Waals surface area contributed by atoms with Gasteiger partial charge in [0.2, 0.25) is 0 Å². The second-order valence-electron chi connectivity index (χ2n) is 6.98. The fourth-order valence-electron chi connectivity index (χ4n) is 2.81. The maximum atomic E-state index is 11.9. The molecule has 7 heteroatoms. The SMILES string of the molecule is CCOc1cc(/C=N/OCC(=O)Nc2ccc(C)cc2)ccc1OCc1cccc(Cl)c1. The van der Waals surface area contributed by atoms with Gasteiger partial charge in [0, 0.05) is 16.3 Å². The van der Waals surface area contributed by atoms with Gasteiger partial charge in [-0.25, -0.2) is 0 Å². The molecule has 1 N–H and O–H groups in total. The Morgan fingerprint density at radius 2 is 1.84 bits per heavy atom. The summed E-state index contributed by atoms with van der Waals surface area (Å²) >= 11 is 6.02. The van der Waals surface area contributed by atoms with Crippen LogP contribution in [0, 0.1) is 6.92 Å². The average Bonchev–Trinajstić information content (AvgIpc) is 2.78. The van der Waals surface area contributed by atoms with E-state index in [0.717, 1.165) is 16.7 Å². The zero-order chi connectivity index (χ0) is 22.8. The van der Waals surface area contributed by atoms with Crippen LogP contribution in [-0.2, 0) is 16.2 Å². The van der Waals surface area contributed by atoms with E-state index < -0.39 is 0 Å². The van der Waals surface area contributed by atoms with E-state index in [2.05, 4.69) is 10.5 Å². The lowest BCUT2D eigenvalue weighted by atomic mass is 10.2. The third-order valence-electron chi connectivity index (χ3n) is 4.36. The van der Waals surface area contributed by atoms with Crippen LogP contribution in [-0.4, -0.2) is 25.3 Å². The lowest BCUT2D eigenvalue weighted by Crippen LogP contribution is -2.16. The number of ether oxygens (including phenoxy) is 2. The molecule has 32 heavy (non-hydrogen) atoms. The zero-order valence-electron chi connectivity index (χ0n) is 18.0. The molecular formula is C25H25ClN2O4. The summed E-state index contributed by atoms with van der Waals surface area (Å²) < 4.78 is 11.6. The number of nitrogens with zero attached hydrogens (tertiary/aromatic N) is 1. The highest BCUT2D eigenvalue weighted by Gasteiger charge is 2.07. The lowest BCUT2D eigenvalue weighted by Gasteiger charge is -2.12. The van der Waals surface area contributed by atoms with Crippen molar-refractivity contribution < 1.29 is 19.1 Å². The lowest BCUT2D eigenvalue weighted by molar-refractivity contribution is -0.120. The summed E-state index contributed by atoms with van der Waals surface area (Å²) in [6.07, 6.45) is 1.52. The monoisotopic (exact) mass is 452 g/mol. The molecule has 0 radical (unpaired) electrons. The molecule has 3 rings (SSSR count). The van der Waals surface area contributed by atoms with Crippen molar-refractivity contribution in [2.45, 2.75) is 20.5 Å². The van der Waals surface area contributed by atoms with E-state index in [1.165, 1.54) is 6.21 Å². The topological polar surface area (TPSA) is 69.2 Å². The first-order valence-corrected chi connectivity index (χ1v) is 10.6. The van der Waals surface area contributed by atoms with Gasteiger partial charge in [-0.2, -0.15) is 0 Å². The number of carbonyl (C=O) groups is 1. The highest BCUT2D eigenvalue weighted by molar-refractivity contribution is 6.30. The van der Waals surface area contributed by atoms with Crippen molar-refractivity contribution in [1.82, 2.24) is 0 Å². The zero-order valence-corrected chi connectivity index (χ0v) is 18.8. The third-order valence-corrected chi connectivity index (χ3v) is 4.59. The predicted molar refractivity (Wildman–Crippen MR) is 127 cm³/mol. The van der Waals surface area contributed by atoms with E-state index in [9.17, 15) is 4.79 Å². The van der Waals surface area contributed by atoms with Gasteiger partial charge in [-0.15, -0.1) is 0 Å². The molecule has 3 aromatic rings. The molecule has 0 atom stereocenters. The van der Waals surface area contributed by atoms with Crippen LogP contribution in [0.5, 0.6) is 11.5 Å². The van der Waals surface area contributed by atoms with Crippen LogP contribution in [0.25, 0.3) is 0 Å². The van der Waals surface area contributed by atoms with Crippen LogP contribution in [0.2, 0.25) is 5.02 Å². The molecule has 3 aromatic carbocycles. The molecule has 0 aliphatic rings. The van der Waals surface area contributed by atoms with Crippen LogP contribution in [0.3, 0.4) is 0 Å². The minimum Gasteiger partial charge on any atom is -0.490 e. The second-order valence-corrected chi connectivity index (χ2v) is 7.42. The average molecular weight is 453 g/mol. The van der Waals surface area contributed by atoms with Gasteiger partial charge in [-0.3, -0.25) is 4.79 Å². The van der Waals surface area contributed by atoms with Gasteiger partial charge >= 0.3 is 0 Å². The minimum absolute atomic E-state index is 0.191. The minimum atomic E-state index is -0.286. The summed E-state index contributed by atoms with van der Waals surface area (Å²) in [5.74, 6) is 0.920. The number of hydrogen-bond acceptors (Lipinski definition) is 5. The predicted octanol–water partition coefficient (Wildman–Crippen LogP) is 5.62. The number of anilines is 1. The summed E-state index contributed by atoms with van der Waals surface area (Å²) in [6.45, 7) is 4.55. The van der Waals surface area contributed by atoms with Gasteiger partial charge in [-0.1, -0.05) is 46.6 Å². The first kappa shape index (κ1) is 23.2. The maximum absolute atomic E-state index is 11.9. The molecule has 0 aliphatic carbocycles. The van der Waals surface area contributed by atoms with Crippen LogP contribution in [0.1, 0.15) is 23.6 Å². The normalized spacial score (nSPS) is 10.7. The Labute approximate surface area is 192 Å². The first-order chi connectivity index (χ1) is 15.5. The molecule has 0 aliphatic heterocycles. The Hall–Kier alpha value is -3.51. The highest BCUT2D eigenvalue weighted by Crippen LogP contribution is 2.29. The van der Waals surface area contributed by atoms with Crippen LogP contribution in [0.4, 0.5) is 5.69 Å². The fourth-order valence-corrected chi connectivity index (χ4v) is 3.02. The molecule has 0 bridgehead atoms. The van der Waals surface area contributed by atoms with Gasteiger partial charge < -0.3 is 19.6 Å². The van der Waals surface area contributed by atoms with Gasteiger partial charge in [0.15, 0.2) is 18.1 Å². The van der Waals surface area contributed by atoms with E-state index in [0.29, 0.717) is 35.4 Å². The van der Waals surface area contributed by atoms with Crippen LogP contribution >= 0.6 is 11.6 Å². The number of rotatable bonds is 10. The van der Waals surface area contributed by atoms with E-state index >= 15 is 0 Å². The summed E-state index contributed by atoms with van der Waals surface area (Å²) in [5.41, 5.74) is 3.55. The van der Waals surface area contributed by atoms with Crippen molar-refractivity contribution in [3.05, 3.63) is 88.4 Å². The molecule has 0 saturated carbocycles. The van der Waals surface area contributed by atoms with Crippen molar-refractivity contribution in [2.75, 3.05) is 18.5 Å². The number of halogens is 1. The number of hydrogen-bond donors (Lipinski definition) is 1. The summed E-state index contributed by atoms with van der Waals surface area (Å²) in [6, 6.07) is 20.5. The molecule has 0 saturated heterocycles. The van der Waals surface area contributed by atoms with E-state index in [4.69, 9.17) is 25.9 Å². The van der Waals surface area contributed by atoms with Crippen molar-refractivity contribution in [2.24, 2.45) is 5.16 Å². The molecule has 0 unspecified atom stereocenters. The summed E-state index contributed by atoms with van der Waals surface area (Å²) in [4.78, 5) is 17.1. The van der Waals surface area contributed by atoms with E-state index in [1.807, 2.05) is 68.4 Å². The number of amides is 1. The highest BCUT2D eigenvalue weighted by atomic mass is 35.5. The first-order valence-electron chi connectivity index (χ1n) is 10.2. The van der Waals surface area contributed by atoms with Crippen molar-refractivity contribution in [1.29, 1.82) is 0 Å². The largest absolute Gasteiger partial charge is 0.490 e. The maximum Gasteiger partial charge on any atom is 0.265 e. The molecule has 0 fully saturated rings. The molecular weight excluding hydrogens is 428 g/mol. The number of aryl methyl sites for hydroxylation is 1. The molecule has 0 spiro atoms. The number of oxime groups is 1. The van der Waals surface area contributed by atoms with E-state index in [-0.39, 0.29) is 12.5 Å². The quantitative estimate of drug-likeness (QED) is 0.320. The number of nitrogens with one attached hydrogen (secondary N) is 1. The van der Waals surface area contributed by atoms with E-state index in [1.54, 1.807) is 12.1 Å². The Bertz CT molecular complexity index is 1070. The van der Waals surface area contributed by atoms with Crippen molar-refractivity contribution in [3.63, 3.8) is 0 Å². The van der Waals surface area contributed by atoms with Crippen molar-refractivity contribution >= 4 is 29.4 Å². The number of carbonyl (C=O) groups excluding carboxylic acids is 1. The van der Waals surface area contributed by atoms with Gasteiger partial charge in [-0.05, 0) is 61.9 Å². The third kappa shape index (κ3) is 7.32. The fraction of sp³-hybridized carbons (Fsp3) is 0.200. The molecule has 0 heterocycles.